The zero-order valence-corrected chi connectivity index (χ0v) is 11.4. The lowest BCUT2D eigenvalue weighted by atomic mass is 10.2. The Labute approximate surface area is 115 Å². The van der Waals surface area contributed by atoms with E-state index in [9.17, 15) is 4.79 Å². The van der Waals surface area contributed by atoms with Gasteiger partial charge < -0.3 is 19.4 Å². The van der Waals surface area contributed by atoms with Gasteiger partial charge in [0.25, 0.3) is 0 Å². The second kappa shape index (κ2) is 5.14. The van der Waals surface area contributed by atoms with E-state index in [2.05, 4.69) is 5.10 Å². The molecular formula is C12H15BN2O5. The SMILES string of the molecule is CC(C)(C)OC(=O)c1cc2cc(OB(O)O)ccn2n1. The molecule has 0 atom stereocenters. The average Bonchev–Trinajstić information content (AvgIpc) is 2.68. The molecular weight excluding hydrogens is 263 g/mol. The highest BCUT2D eigenvalue weighted by Gasteiger charge is 2.20. The summed E-state index contributed by atoms with van der Waals surface area (Å²) in [4.78, 5) is 11.9. The van der Waals surface area contributed by atoms with E-state index < -0.39 is 18.9 Å². The monoisotopic (exact) mass is 278 g/mol. The van der Waals surface area contributed by atoms with Crippen molar-refractivity contribution in [1.82, 2.24) is 9.61 Å². The molecule has 0 unspecified atom stereocenters. The molecule has 106 valence electrons. The lowest BCUT2D eigenvalue weighted by Gasteiger charge is -2.18. The summed E-state index contributed by atoms with van der Waals surface area (Å²) in [5.74, 6) is -0.269. The summed E-state index contributed by atoms with van der Waals surface area (Å²) in [5, 5.41) is 21.6. The molecule has 0 saturated heterocycles. The maximum absolute atomic E-state index is 11.9. The van der Waals surface area contributed by atoms with Crippen molar-refractivity contribution in [2.75, 3.05) is 0 Å². The van der Waals surface area contributed by atoms with Crippen LogP contribution in [0.2, 0.25) is 0 Å². The van der Waals surface area contributed by atoms with Gasteiger partial charge in [-0.15, -0.1) is 0 Å². The molecule has 0 bridgehead atoms. The van der Waals surface area contributed by atoms with Crippen LogP contribution in [0.15, 0.2) is 24.4 Å². The van der Waals surface area contributed by atoms with Crippen molar-refractivity contribution in [2.24, 2.45) is 0 Å². The van der Waals surface area contributed by atoms with Gasteiger partial charge in [-0.1, -0.05) is 0 Å². The van der Waals surface area contributed by atoms with Crippen LogP contribution in [-0.4, -0.2) is 38.6 Å². The summed E-state index contributed by atoms with van der Waals surface area (Å²) in [5.41, 5.74) is 0.146. The maximum atomic E-state index is 11.9. The summed E-state index contributed by atoms with van der Waals surface area (Å²) in [7, 11) is -1.90. The molecule has 20 heavy (non-hydrogen) atoms. The molecule has 0 saturated carbocycles. The Balaban J connectivity index is 2.27. The van der Waals surface area contributed by atoms with E-state index >= 15 is 0 Å². The Bertz CT molecular complexity index is 632. The van der Waals surface area contributed by atoms with Crippen molar-refractivity contribution in [3.8, 4) is 5.75 Å². The van der Waals surface area contributed by atoms with Crippen molar-refractivity contribution in [3.05, 3.63) is 30.1 Å². The fourth-order valence-electron chi connectivity index (χ4n) is 1.60. The summed E-state index contributed by atoms with van der Waals surface area (Å²) < 4.78 is 11.4. The fraction of sp³-hybridized carbons (Fsp3) is 0.333. The third kappa shape index (κ3) is 3.49. The van der Waals surface area contributed by atoms with E-state index in [0.717, 1.165) is 0 Å². The largest absolute Gasteiger partial charge is 0.707 e. The van der Waals surface area contributed by atoms with Crippen LogP contribution < -0.4 is 4.65 Å². The first-order valence-corrected chi connectivity index (χ1v) is 6.00. The van der Waals surface area contributed by atoms with E-state index in [0.29, 0.717) is 5.52 Å². The molecule has 0 amide bonds. The van der Waals surface area contributed by atoms with Crippen LogP contribution >= 0.6 is 0 Å². The number of carbonyl (C=O) groups excluding carboxylic acids is 1. The van der Waals surface area contributed by atoms with E-state index in [1.165, 1.54) is 22.7 Å². The molecule has 2 rings (SSSR count). The molecule has 2 aromatic rings. The zero-order valence-electron chi connectivity index (χ0n) is 11.4. The lowest BCUT2D eigenvalue weighted by Crippen LogP contribution is -2.24. The molecule has 7 nitrogen and oxygen atoms in total. The van der Waals surface area contributed by atoms with Crippen molar-refractivity contribution in [2.45, 2.75) is 26.4 Å². The summed E-state index contributed by atoms with van der Waals surface area (Å²) in [6.07, 6.45) is 1.54. The highest BCUT2D eigenvalue weighted by molar-refractivity contribution is 6.33. The second-order valence-electron chi connectivity index (χ2n) is 5.21. The molecule has 0 aliphatic heterocycles. The average molecular weight is 278 g/mol. The van der Waals surface area contributed by atoms with Gasteiger partial charge in [0.15, 0.2) is 5.69 Å². The highest BCUT2D eigenvalue weighted by Crippen LogP contribution is 2.17. The predicted octanol–water partition coefficient (Wildman–Crippen LogP) is 0.638. The van der Waals surface area contributed by atoms with Crippen LogP contribution in [0.5, 0.6) is 5.75 Å². The third-order valence-electron chi connectivity index (χ3n) is 2.28. The van der Waals surface area contributed by atoms with Crippen LogP contribution in [0.4, 0.5) is 0 Å². The number of aromatic nitrogens is 2. The molecule has 8 heteroatoms. The number of ether oxygens (including phenoxy) is 1. The Hall–Kier alpha value is -2.06. The molecule has 0 radical (unpaired) electrons. The van der Waals surface area contributed by atoms with Gasteiger partial charge in [0.05, 0.1) is 5.52 Å². The minimum absolute atomic E-state index is 0.168. The van der Waals surface area contributed by atoms with Crippen LogP contribution in [0.25, 0.3) is 5.52 Å². The maximum Gasteiger partial charge on any atom is 0.707 e. The first-order chi connectivity index (χ1) is 9.24. The van der Waals surface area contributed by atoms with Gasteiger partial charge in [0.2, 0.25) is 0 Å². The number of hydrogen-bond acceptors (Lipinski definition) is 6. The van der Waals surface area contributed by atoms with Crippen molar-refractivity contribution < 1.29 is 24.2 Å². The first kappa shape index (κ1) is 14.4. The highest BCUT2D eigenvalue weighted by atomic mass is 16.6. The standard InChI is InChI=1S/C12H15BN2O5/c1-12(2,3)19-11(16)10-7-8-6-9(20-13(17)18)4-5-15(8)14-10/h4-7,17-18H,1-3H3. The number of esters is 1. The Morgan fingerprint density at radius 2 is 2.05 bits per heavy atom. The minimum atomic E-state index is -1.90. The quantitative estimate of drug-likeness (QED) is 0.632. The first-order valence-electron chi connectivity index (χ1n) is 6.00. The van der Waals surface area contributed by atoms with Gasteiger partial charge in [0, 0.05) is 12.3 Å². The van der Waals surface area contributed by atoms with Crippen LogP contribution in [0, 0.1) is 0 Å². The zero-order chi connectivity index (χ0) is 14.9. The Morgan fingerprint density at radius 3 is 2.65 bits per heavy atom. The topological polar surface area (TPSA) is 93.3 Å². The lowest BCUT2D eigenvalue weighted by molar-refractivity contribution is 0.00624. The molecule has 0 spiro atoms. The molecule has 0 aliphatic carbocycles. The normalized spacial score (nSPS) is 11.4. The smallest absolute Gasteiger partial charge is 0.512 e. The molecule has 2 aromatic heterocycles. The number of nitrogens with zero attached hydrogens (tertiary/aromatic N) is 2. The third-order valence-corrected chi connectivity index (χ3v) is 2.28. The van der Waals surface area contributed by atoms with E-state index in [-0.39, 0.29) is 11.4 Å². The van der Waals surface area contributed by atoms with Gasteiger partial charge in [-0.05, 0) is 32.9 Å². The van der Waals surface area contributed by atoms with E-state index in [1.54, 1.807) is 27.0 Å². The summed E-state index contributed by atoms with van der Waals surface area (Å²) in [6.45, 7) is 5.32. The van der Waals surface area contributed by atoms with Crippen LogP contribution in [0.3, 0.4) is 0 Å². The second-order valence-corrected chi connectivity index (χ2v) is 5.21. The summed E-state index contributed by atoms with van der Waals surface area (Å²) in [6, 6.07) is 4.56. The fourth-order valence-corrected chi connectivity index (χ4v) is 1.60. The number of carbonyl (C=O) groups is 1. The Kier molecular flexibility index (Phi) is 3.69. The van der Waals surface area contributed by atoms with E-state index in [1.807, 2.05) is 0 Å². The number of fused-ring (bicyclic) bond motifs is 1. The molecule has 0 aliphatic rings. The minimum Gasteiger partial charge on any atom is -0.512 e. The number of pyridine rings is 1. The van der Waals surface area contributed by atoms with Crippen molar-refractivity contribution in [1.29, 1.82) is 0 Å². The van der Waals surface area contributed by atoms with Gasteiger partial charge in [0.1, 0.15) is 11.4 Å². The summed E-state index contributed by atoms with van der Waals surface area (Å²) >= 11 is 0. The van der Waals surface area contributed by atoms with Crippen molar-refractivity contribution in [3.63, 3.8) is 0 Å². The molecule has 2 heterocycles. The predicted molar refractivity (Wildman–Crippen MR) is 71.2 cm³/mol. The number of rotatable bonds is 3. The van der Waals surface area contributed by atoms with Gasteiger partial charge in [-0.2, -0.15) is 5.10 Å². The van der Waals surface area contributed by atoms with Gasteiger partial charge in [-0.3, -0.25) is 0 Å². The van der Waals surface area contributed by atoms with Crippen LogP contribution in [0.1, 0.15) is 31.3 Å². The van der Waals surface area contributed by atoms with Crippen molar-refractivity contribution >= 4 is 18.8 Å². The van der Waals surface area contributed by atoms with Gasteiger partial charge in [-0.25, -0.2) is 9.31 Å². The molecule has 2 N–H and O–H groups in total. The molecule has 0 fully saturated rings. The van der Waals surface area contributed by atoms with E-state index in [4.69, 9.17) is 19.4 Å². The number of hydrogen-bond donors (Lipinski definition) is 2. The van der Waals surface area contributed by atoms with Crippen LogP contribution in [-0.2, 0) is 4.74 Å². The van der Waals surface area contributed by atoms with Gasteiger partial charge >= 0.3 is 13.3 Å². The Morgan fingerprint density at radius 1 is 1.35 bits per heavy atom. The molecule has 0 aromatic carbocycles.